The van der Waals surface area contributed by atoms with Crippen molar-refractivity contribution in [1.29, 1.82) is 0 Å². The number of amides is 2. The largest absolute Gasteiger partial charge is 0.469 e. The fourth-order valence-electron chi connectivity index (χ4n) is 5.43. The standard InChI is InChI=1S/C22H36N2O5/c1-22(2,3)29-21(27)23-17(14-8-6-5-7-9-14)19(25)24-13-12-15-10-11-16(18(15)24)20(26)28-4/h14-18H,5-13H2,1-4H3,(H,23,27)/t15-,16+,17+,18+/m1/s1. The van der Waals surface area contributed by atoms with Gasteiger partial charge in [-0.1, -0.05) is 19.3 Å². The molecular formula is C22H36N2O5. The van der Waals surface area contributed by atoms with Gasteiger partial charge in [0.05, 0.1) is 13.0 Å². The van der Waals surface area contributed by atoms with Crippen LogP contribution in [0.2, 0.25) is 0 Å². The molecule has 1 saturated heterocycles. The second kappa shape index (κ2) is 8.92. The summed E-state index contributed by atoms with van der Waals surface area (Å²) in [6.45, 7) is 6.08. The van der Waals surface area contributed by atoms with Crippen LogP contribution in [0.15, 0.2) is 0 Å². The number of carbonyl (C=O) groups excluding carboxylic acids is 3. The maximum absolute atomic E-state index is 13.6. The Morgan fingerprint density at radius 1 is 1.00 bits per heavy atom. The van der Waals surface area contributed by atoms with E-state index in [0.29, 0.717) is 12.5 Å². The van der Waals surface area contributed by atoms with Crippen molar-refractivity contribution in [2.45, 2.75) is 89.8 Å². The molecule has 3 fully saturated rings. The van der Waals surface area contributed by atoms with Crippen molar-refractivity contribution in [3.8, 4) is 0 Å². The van der Waals surface area contributed by atoms with Crippen LogP contribution in [0.5, 0.6) is 0 Å². The molecule has 0 radical (unpaired) electrons. The molecule has 164 valence electrons. The van der Waals surface area contributed by atoms with Crippen molar-refractivity contribution in [2.24, 2.45) is 17.8 Å². The molecule has 4 atom stereocenters. The third kappa shape index (κ3) is 5.04. The zero-order chi connectivity index (χ0) is 21.2. The van der Waals surface area contributed by atoms with Gasteiger partial charge >= 0.3 is 12.1 Å². The second-order valence-corrected chi connectivity index (χ2v) is 9.80. The molecule has 2 saturated carbocycles. The van der Waals surface area contributed by atoms with Crippen LogP contribution in [-0.4, -0.2) is 54.2 Å². The summed E-state index contributed by atoms with van der Waals surface area (Å²) in [4.78, 5) is 40.3. The van der Waals surface area contributed by atoms with Gasteiger partial charge in [0, 0.05) is 12.6 Å². The average Bonchev–Trinajstić information content (AvgIpc) is 3.26. The van der Waals surface area contributed by atoms with Crippen LogP contribution >= 0.6 is 0 Å². The summed E-state index contributed by atoms with van der Waals surface area (Å²) in [5, 5.41) is 2.89. The number of likely N-dealkylation sites (tertiary alicyclic amines) is 1. The lowest BCUT2D eigenvalue weighted by molar-refractivity contribution is -0.149. The number of fused-ring (bicyclic) bond motifs is 1. The van der Waals surface area contributed by atoms with Gasteiger partial charge in [0.15, 0.2) is 0 Å². The molecule has 7 heteroatoms. The Kier molecular flexibility index (Phi) is 6.74. The lowest BCUT2D eigenvalue weighted by Gasteiger charge is -2.36. The molecular weight excluding hydrogens is 372 g/mol. The van der Waals surface area contributed by atoms with Crippen LogP contribution in [-0.2, 0) is 19.1 Å². The predicted octanol–water partition coefficient (Wildman–Crippen LogP) is 3.26. The summed E-state index contributed by atoms with van der Waals surface area (Å²) < 4.78 is 10.4. The Hall–Kier alpha value is -1.79. The molecule has 3 rings (SSSR count). The summed E-state index contributed by atoms with van der Waals surface area (Å²) in [6, 6.07) is -0.704. The number of rotatable bonds is 4. The summed E-state index contributed by atoms with van der Waals surface area (Å²) in [5.74, 6) is -0.0973. The normalized spacial score (nSPS) is 28.6. The van der Waals surface area contributed by atoms with E-state index in [-0.39, 0.29) is 29.8 Å². The number of alkyl carbamates (subject to hydrolysis) is 1. The Morgan fingerprint density at radius 2 is 1.69 bits per heavy atom. The van der Waals surface area contributed by atoms with Crippen molar-refractivity contribution in [2.75, 3.05) is 13.7 Å². The van der Waals surface area contributed by atoms with Crippen LogP contribution < -0.4 is 5.32 Å². The zero-order valence-corrected chi connectivity index (χ0v) is 18.2. The molecule has 2 amide bonds. The highest BCUT2D eigenvalue weighted by molar-refractivity contribution is 5.87. The second-order valence-electron chi connectivity index (χ2n) is 9.80. The predicted molar refractivity (Wildman–Crippen MR) is 108 cm³/mol. The van der Waals surface area contributed by atoms with E-state index in [4.69, 9.17) is 9.47 Å². The molecule has 3 aliphatic rings. The molecule has 0 bridgehead atoms. The van der Waals surface area contributed by atoms with E-state index in [0.717, 1.165) is 44.9 Å². The minimum atomic E-state index is -0.621. The number of hydrogen-bond donors (Lipinski definition) is 1. The number of methoxy groups -OCH3 is 1. The van der Waals surface area contributed by atoms with Crippen LogP contribution in [0.25, 0.3) is 0 Å². The van der Waals surface area contributed by atoms with E-state index < -0.39 is 17.7 Å². The Labute approximate surface area is 173 Å². The van der Waals surface area contributed by atoms with Gasteiger partial charge in [0.25, 0.3) is 0 Å². The minimum Gasteiger partial charge on any atom is -0.469 e. The molecule has 1 aliphatic heterocycles. The number of ether oxygens (including phenoxy) is 2. The van der Waals surface area contributed by atoms with Crippen LogP contribution in [0.3, 0.4) is 0 Å². The van der Waals surface area contributed by atoms with Crippen molar-refractivity contribution < 1.29 is 23.9 Å². The van der Waals surface area contributed by atoms with Crippen LogP contribution in [0.1, 0.15) is 72.1 Å². The van der Waals surface area contributed by atoms with Crippen molar-refractivity contribution in [1.82, 2.24) is 10.2 Å². The highest BCUT2D eigenvalue weighted by Gasteiger charge is 2.51. The lowest BCUT2D eigenvalue weighted by atomic mass is 9.83. The fourth-order valence-corrected chi connectivity index (χ4v) is 5.43. The van der Waals surface area contributed by atoms with E-state index in [1.165, 1.54) is 13.5 Å². The van der Waals surface area contributed by atoms with Gasteiger partial charge in [-0.2, -0.15) is 0 Å². The minimum absolute atomic E-state index is 0.0638. The number of nitrogens with zero attached hydrogens (tertiary/aromatic N) is 1. The molecule has 0 aromatic rings. The maximum atomic E-state index is 13.6. The van der Waals surface area contributed by atoms with Gasteiger partial charge in [-0.25, -0.2) is 4.79 Å². The van der Waals surface area contributed by atoms with Gasteiger partial charge in [-0.3, -0.25) is 9.59 Å². The molecule has 2 aliphatic carbocycles. The Bertz CT molecular complexity index is 623. The van der Waals surface area contributed by atoms with Gasteiger partial charge < -0.3 is 19.7 Å². The summed E-state index contributed by atoms with van der Waals surface area (Å²) in [7, 11) is 1.41. The molecule has 0 unspecified atom stereocenters. The number of nitrogens with one attached hydrogen (secondary N) is 1. The highest BCUT2D eigenvalue weighted by Crippen LogP contribution is 2.43. The van der Waals surface area contributed by atoms with E-state index in [9.17, 15) is 14.4 Å². The van der Waals surface area contributed by atoms with Crippen LogP contribution in [0.4, 0.5) is 4.79 Å². The number of hydrogen-bond acceptors (Lipinski definition) is 5. The number of esters is 1. The molecule has 7 nitrogen and oxygen atoms in total. The number of carbonyl (C=O) groups is 3. The smallest absolute Gasteiger partial charge is 0.408 e. The Balaban J connectivity index is 1.78. The molecule has 1 heterocycles. The first-order chi connectivity index (χ1) is 13.7. The molecule has 1 N–H and O–H groups in total. The van der Waals surface area contributed by atoms with E-state index in [1.807, 2.05) is 25.7 Å². The van der Waals surface area contributed by atoms with Gasteiger partial charge in [-0.05, 0) is 64.7 Å². The van der Waals surface area contributed by atoms with E-state index >= 15 is 0 Å². The molecule has 0 aromatic carbocycles. The van der Waals surface area contributed by atoms with Crippen molar-refractivity contribution >= 4 is 18.0 Å². The van der Waals surface area contributed by atoms with Gasteiger partial charge in [0.2, 0.25) is 5.91 Å². The summed E-state index contributed by atoms with van der Waals surface area (Å²) in [6.07, 6.45) is 7.23. The quantitative estimate of drug-likeness (QED) is 0.722. The monoisotopic (exact) mass is 408 g/mol. The van der Waals surface area contributed by atoms with Gasteiger partial charge in [0.1, 0.15) is 11.6 Å². The summed E-state index contributed by atoms with van der Waals surface area (Å²) >= 11 is 0. The third-order valence-corrected chi connectivity index (χ3v) is 6.69. The van der Waals surface area contributed by atoms with Crippen molar-refractivity contribution in [3.05, 3.63) is 0 Å². The first-order valence-corrected chi connectivity index (χ1v) is 11.1. The third-order valence-electron chi connectivity index (χ3n) is 6.69. The maximum Gasteiger partial charge on any atom is 0.408 e. The lowest BCUT2D eigenvalue weighted by Crippen LogP contribution is -2.56. The van der Waals surface area contributed by atoms with E-state index in [1.54, 1.807) is 0 Å². The highest BCUT2D eigenvalue weighted by atomic mass is 16.6. The summed E-state index contributed by atoms with van der Waals surface area (Å²) in [5.41, 5.74) is -0.621. The van der Waals surface area contributed by atoms with Crippen molar-refractivity contribution in [3.63, 3.8) is 0 Å². The fraction of sp³-hybridized carbons (Fsp3) is 0.864. The van der Waals surface area contributed by atoms with Crippen LogP contribution in [0, 0.1) is 17.8 Å². The topological polar surface area (TPSA) is 84.9 Å². The zero-order valence-electron chi connectivity index (χ0n) is 18.2. The molecule has 0 spiro atoms. The SMILES string of the molecule is COC(=O)[C@H]1CC[C@@H]2CCN(C(=O)[C@@H](NC(=O)OC(C)(C)C)C3CCCCC3)[C@@H]21. The van der Waals surface area contributed by atoms with Gasteiger partial charge in [-0.15, -0.1) is 0 Å². The molecule has 29 heavy (non-hydrogen) atoms. The first-order valence-electron chi connectivity index (χ1n) is 11.1. The first kappa shape index (κ1) is 21.9. The Morgan fingerprint density at radius 3 is 2.31 bits per heavy atom. The molecule has 0 aromatic heterocycles. The average molecular weight is 409 g/mol. The van der Waals surface area contributed by atoms with E-state index in [2.05, 4.69) is 5.32 Å².